The van der Waals surface area contributed by atoms with Gasteiger partial charge in [-0.2, -0.15) is 4.31 Å². The number of nitrogens with zero attached hydrogens (tertiary/aromatic N) is 2. The maximum Gasteiger partial charge on any atom is 0.481 e. The van der Waals surface area contributed by atoms with Gasteiger partial charge in [0.25, 0.3) is 5.56 Å². The largest absolute Gasteiger partial charge is 0.481 e. The highest BCUT2D eigenvalue weighted by atomic mass is 31.3. The zero-order chi connectivity index (χ0) is 25.3. The first-order valence-corrected chi connectivity index (χ1v) is 12.9. The van der Waals surface area contributed by atoms with Crippen LogP contribution in [0.3, 0.4) is 0 Å². The van der Waals surface area contributed by atoms with E-state index in [0.717, 1.165) is 32.5 Å². The van der Waals surface area contributed by atoms with Gasteiger partial charge in [0, 0.05) is 18.8 Å². The number of aryl methyl sites for hydroxylation is 2. The summed E-state index contributed by atoms with van der Waals surface area (Å²) in [6, 6.07) is 8.60. The molecule has 1 aromatic heterocycles. The number of hydrogen-bond donors (Lipinski definition) is 5. The molecule has 1 aliphatic rings. The number of aliphatic hydroxyl groups excluding tert-OH is 2. The van der Waals surface area contributed by atoms with Gasteiger partial charge >= 0.3 is 21.3 Å². The first-order valence-electron chi connectivity index (χ1n) is 9.91. The second-order valence-electron chi connectivity index (χ2n) is 7.61. The van der Waals surface area contributed by atoms with E-state index >= 15 is 0 Å². The summed E-state index contributed by atoms with van der Waals surface area (Å²) in [6.07, 6.45) is -4.92. The minimum absolute atomic E-state index is 0.0346. The lowest BCUT2D eigenvalue weighted by Crippen LogP contribution is -2.43. The van der Waals surface area contributed by atoms with E-state index in [9.17, 15) is 33.8 Å². The Morgan fingerprint density at radius 1 is 1.03 bits per heavy atom. The van der Waals surface area contributed by atoms with Crippen LogP contribution in [0.2, 0.25) is 0 Å². The molecule has 16 heteroatoms. The zero-order valence-corrected chi connectivity index (χ0v) is 19.6. The molecule has 14 nitrogen and oxygen atoms in total. The fourth-order valence-electron chi connectivity index (χ4n) is 3.35. The molecule has 2 aromatic rings. The molecule has 1 aliphatic heterocycles. The topological polar surface area (TPSA) is 207 Å². The number of ether oxygens (including phenoxy) is 1. The van der Waals surface area contributed by atoms with E-state index in [2.05, 4.69) is 8.83 Å². The maximum absolute atomic E-state index is 12.9. The van der Waals surface area contributed by atoms with E-state index in [-0.39, 0.29) is 6.54 Å². The van der Waals surface area contributed by atoms with Crippen molar-refractivity contribution in [1.82, 2.24) is 9.13 Å². The first kappa shape index (κ1) is 26.6. The Morgan fingerprint density at radius 2 is 1.68 bits per heavy atom. The minimum atomic E-state index is -5.35. The van der Waals surface area contributed by atoms with Crippen molar-refractivity contribution >= 4 is 15.6 Å². The van der Waals surface area contributed by atoms with Crippen molar-refractivity contribution in [2.24, 2.45) is 0 Å². The summed E-state index contributed by atoms with van der Waals surface area (Å²) < 4.78 is 37.6. The quantitative estimate of drug-likeness (QED) is 0.262. The molecule has 5 N–H and O–H groups in total. The van der Waals surface area contributed by atoms with Crippen LogP contribution >= 0.6 is 15.6 Å². The van der Waals surface area contributed by atoms with E-state index in [1.54, 1.807) is 0 Å². The summed E-state index contributed by atoms with van der Waals surface area (Å²) >= 11 is 0. The summed E-state index contributed by atoms with van der Waals surface area (Å²) in [5, 5.41) is 20.6. The third-order valence-corrected chi connectivity index (χ3v) is 7.21. The second-order valence-corrected chi connectivity index (χ2v) is 10.4. The van der Waals surface area contributed by atoms with Crippen LogP contribution in [0.4, 0.5) is 0 Å². The van der Waals surface area contributed by atoms with Crippen LogP contribution in [0.15, 0.2) is 46.1 Å². The lowest BCUT2D eigenvalue weighted by molar-refractivity contribution is -0.0548. The van der Waals surface area contributed by atoms with Crippen LogP contribution in [0.1, 0.15) is 17.4 Å². The van der Waals surface area contributed by atoms with Gasteiger partial charge in [-0.05, 0) is 18.9 Å². The van der Waals surface area contributed by atoms with Crippen molar-refractivity contribution < 1.29 is 47.6 Å². The highest BCUT2D eigenvalue weighted by Gasteiger charge is 2.45. The van der Waals surface area contributed by atoms with Crippen LogP contribution in [-0.2, 0) is 35.7 Å². The van der Waals surface area contributed by atoms with Gasteiger partial charge in [0.05, 0.1) is 6.61 Å². The average Bonchev–Trinajstić information content (AvgIpc) is 3.00. The van der Waals surface area contributed by atoms with Gasteiger partial charge in [0.1, 0.15) is 18.3 Å². The molecule has 1 aromatic carbocycles. The highest BCUT2D eigenvalue weighted by molar-refractivity contribution is 7.60. The summed E-state index contributed by atoms with van der Waals surface area (Å²) in [7, 11) is -10.6. The first-order chi connectivity index (χ1) is 15.8. The summed E-state index contributed by atoms with van der Waals surface area (Å²) in [6.45, 7) is 1.05. The Bertz CT molecular complexity index is 1220. The molecule has 2 heterocycles. The lowest BCUT2D eigenvalue weighted by Gasteiger charge is -2.19. The zero-order valence-electron chi connectivity index (χ0n) is 17.8. The van der Waals surface area contributed by atoms with Gasteiger partial charge in [-0.1, -0.05) is 29.8 Å². The van der Waals surface area contributed by atoms with Gasteiger partial charge in [0.2, 0.25) is 0 Å². The molecule has 5 atom stereocenters. The molecule has 3 rings (SSSR count). The van der Waals surface area contributed by atoms with Crippen LogP contribution in [0.25, 0.3) is 0 Å². The van der Waals surface area contributed by atoms with E-state index < -0.39 is 58.0 Å². The molecule has 1 fully saturated rings. The van der Waals surface area contributed by atoms with Gasteiger partial charge in [0.15, 0.2) is 6.23 Å². The molecule has 188 valence electrons. The summed E-state index contributed by atoms with van der Waals surface area (Å²) in [4.78, 5) is 51.8. The normalized spacial score (nSPS) is 24.8. The second kappa shape index (κ2) is 10.3. The Balaban J connectivity index is 1.75. The molecule has 2 unspecified atom stereocenters. The minimum Gasteiger partial charge on any atom is -0.387 e. The fourth-order valence-corrected chi connectivity index (χ4v) is 4.95. The molecule has 0 aliphatic carbocycles. The molecular weight excluding hydrogens is 498 g/mol. The average molecular weight is 522 g/mol. The van der Waals surface area contributed by atoms with E-state index in [4.69, 9.17) is 14.5 Å². The standard InChI is InChI=1S/C18H24N2O12P2/c1-11-2-4-12(5-3-11)6-8-19-14(21)7-9-20(18(19)24)17-16(23)15(22)13(31-17)10-30-34(28,29)32-33(25,26)27/h2-5,7,9,13,15-17,22-23H,6,8,10H2,1H3,(H,28,29)(H2,25,26,27)/t13-,15+,16?,17-/m1/s1. The third kappa shape index (κ3) is 6.58. The molecule has 1 saturated heterocycles. The third-order valence-electron chi connectivity index (χ3n) is 5.06. The van der Waals surface area contributed by atoms with Crippen LogP contribution < -0.4 is 11.2 Å². The highest BCUT2D eigenvalue weighted by Crippen LogP contribution is 2.57. The predicted octanol–water partition coefficient (Wildman–Crippen LogP) is -0.593. The van der Waals surface area contributed by atoms with Gasteiger partial charge < -0.3 is 29.6 Å². The number of phosphoric ester groups is 1. The SMILES string of the molecule is Cc1ccc(CCn2c(=O)ccn([C@@H]3O[C@H](COP(=O)(O)OP(=O)(O)O)[C@H](O)C3O)c2=O)cc1. The Labute approximate surface area is 192 Å². The lowest BCUT2D eigenvalue weighted by atomic mass is 10.1. The molecule has 0 amide bonds. The van der Waals surface area contributed by atoms with Crippen molar-refractivity contribution in [3.05, 3.63) is 68.5 Å². The number of rotatable bonds is 9. The number of hydrogen-bond acceptors (Lipinski definition) is 9. The van der Waals surface area contributed by atoms with E-state index in [1.807, 2.05) is 31.2 Å². The summed E-state index contributed by atoms with van der Waals surface area (Å²) in [5.41, 5.74) is 0.536. The monoisotopic (exact) mass is 522 g/mol. The number of aliphatic hydroxyl groups is 2. The van der Waals surface area contributed by atoms with Crippen molar-refractivity contribution in [1.29, 1.82) is 0 Å². The number of phosphoric acid groups is 2. The van der Waals surface area contributed by atoms with E-state index in [0.29, 0.717) is 6.42 Å². The number of aromatic nitrogens is 2. The molecule has 0 bridgehead atoms. The predicted molar refractivity (Wildman–Crippen MR) is 115 cm³/mol. The maximum atomic E-state index is 12.9. The van der Waals surface area contributed by atoms with Crippen molar-refractivity contribution in [2.45, 2.75) is 44.4 Å². The van der Waals surface area contributed by atoms with Crippen LogP contribution in [0.5, 0.6) is 0 Å². The fraction of sp³-hybridized carbons (Fsp3) is 0.444. The molecule has 0 radical (unpaired) electrons. The van der Waals surface area contributed by atoms with Crippen molar-refractivity contribution in [3.8, 4) is 0 Å². The Kier molecular flexibility index (Phi) is 8.10. The Hall–Kier alpha value is -1.96. The van der Waals surface area contributed by atoms with Gasteiger partial charge in [-0.15, -0.1) is 0 Å². The molecule has 0 saturated carbocycles. The van der Waals surface area contributed by atoms with Crippen LogP contribution in [-0.4, -0.2) is 58.9 Å². The molecule has 0 spiro atoms. The number of benzene rings is 1. The van der Waals surface area contributed by atoms with Gasteiger partial charge in [-0.25, -0.2) is 13.9 Å². The van der Waals surface area contributed by atoms with Gasteiger partial charge in [-0.3, -0.25) is 18.5 Å². The molecular formula is C18H24N2O12P2. The van der Waals surface area contributed by atoms with Crippen molar-refractivity contribution in [3.63, 3.8) is 0 Å². The smallest absolute Gasteiger partial charge is 0.387 e. The van der Waals surface area contributed by atoms with Crippen LogP contribution in [0, 0.1) is 6.92 Å². The molecule has 34 heavy (non-hydrogen) atoms. The Morgan fingerprint density at radius 3 is 2.29 bits per heavy atom. The summed E-state index contributed by atoms with van der Waals surface area (Å²) in [5.74, 6) is 0. The van der Waals surface area contributed by atoms with E-state index in [1.165, 1.54) is 0 Å². The van der Waals surface area contributed by atoms with Crippen molar-refractivity contribution in [2.75, 3.05) is 6.61 Å².